The van der Waals surface area contributed by atoms with Gasteiger partial charge in [0.1, 0.15) is 5.82 Å². The van der Waals surface area contributed by atoms with Crippen molar-refractivity contribution >= 4 is 16.6 Å². The van der Waals surface area contributed by atoms with Gasteiger partial charge < -0.3 is 10.6 Å². The van der Waals surface area contributed by atoms with E-state index in [1.165, 1.54) is 23.6 Å². The molecule has 1 aromatic carbocycles. The molecule has 1 aliphatic heterocycles. The van der Waals surface area contributed by atoms with Crippen molar-refractivity contribution in [1.29, 1.82) is 0 Å². The van der Waals surface area contributed by atoms with E-state index in [0.717, 1.165) is 30.5 Å². The molecule has 2 aromatic rings. The molecule has 1 aliphatic rings. The molecular formula is C16H21N3. The molecule has 1 fully saturated rings. The first-order valence-electron chi connectivity index (χ1n) is 7.11. The minimum Gasteiger partial charge on any atom is -0.356 e. The number of fused-ring (bicyclic) bond motifs is 1. The van der Waals surface area contributed by atoms with Gasteiger partial charge in [-0.2, -0.15) is 0 Å². The van der Waals surface area contributed by atoms with E-state index in [4.69, 9.17) is 10.7 Å². The topological polar surface area (TPSA) is 42.2 Å². The van der Waals surface area contributed by atoms with Gasteiger partial charge in [-0.05, 0) is 30.2 Å². The van der Waals surface area contributed by atoms with Gasteiger partial charge in [-0.1, -0.05) is 31.2 Å². The van der Waals surface area contributed by atoms with Crippen LogP contribution in [0, 0.1) is 5.92 Å². The fraction of sp³-hybridized carbons (Fsp3) is 0.438. The van der Waals surface area contributed by atoms with Crippen molar-refractivity contribution in [3.05, 3.63) is 36.0 Å². The van der Waals surface area contributed by atoms with Gasteiger partial charge in [-0.3, -0.25) is 0 Å². The molecule has 0 radical (unpaired) electrons. The molecule has 2 heterocycles. The molecule has 0 amide bonds. The number of benzene rings is 1. The van der Waals surface area contributed by atoms with Crippen molar-refractivity contribution in [1.82, 2.24) is 4.98 Å². The van der Waals surface area contributed by atoms with E-state index in [1.807, 2.05) is 0 Å². The first kappa shape index (κ1) is 12.4. The van der Waals surface area contributed by atoms with Crippen LogP contribution in [0.1, 0.15) is 25.5 Å². The molecule has 2 N–H and O–H groups in total. The van der Waals surface area contributed by atoms with Gasteiger partial charge >= 0.3 is 0 Å². The first-order valence-corrected chi connectivity index (χ1v) is 7.11. The molecule has 0 bridgehead atoms. The Kier molecular flexibility index (Phi) is 3.38. The molecule has 0 aliphatic carbocycles. The fourth-order valence-corrected chi connectivity index (χ4v) is 2.80. The summed E-state index contributed by atoms with van der Waals surface area (Å²) >= 11 is 0. The molecule has 100 valence electrons. The zero-order valence-electron chi connectivity index (χ0n) is 11.5. The number of nitrogens with zero attached hydrogens (tertiary/aromatic N) is 2. The van der Waals surface area contributed by atoms with Crippen LogP contribution in [0.2, 0.25) is 0 Å². The van der Waals surface area contributed by atoms with Gasteiger partial charge in [0, 0.05) is 25.0 Å². The Morgan fingerprint density at radius 1 is 1.26 bits per heavy atom. The highest BCUT2D eigenvalue weighted by molar-refractivity contribution is 5.92. The lowest BCUT2D eigenvalue weighted by Crippen LogP contribution is -2.33. The summed E-state index contributed by atoms with van der Waals surface area (Å²) in [4.78, 5) is 7.19. The van der Waals surface area contributed by atoms with E-state index in [0.29, 0.717) is 6.54 Å². The van der Waals surface area contributed by atoms with E-state index >= 15 is 0 Å². The maximum atomic E-state index is 5.78. The normalized spacial score (nSPS) is 17.1. The Hall–Kier alpha value is -1.61. The standard InChI is InChI=1S/C16H21N3/c1-12-6-8-19(9-7-12)16-15-5-3-2-4-13(15)10-14(11-17)18-16/h2-5,10,12H,6-9,11,17H2,1H3. The van der Waals surface area contributed by atoms with Crippen LogP contribution in [0.3, 0.4) is 0 Å². The molecule has 3 nitrogen and oxygen atoms in total. The average Bonchev–Trinajstić information content (AvgIpc) is 2.47. The first-order chi connectivity index (χ1) is 9.28. The van der Waals surface area contributed by atoms with E-state index in [-0.39, 0.29) is 0 Å². The number of aromatic nitrogens is 1. The summed E-state index contributed by atoms with van der Waals surface area (Å²) in [5.41, 5.74) is 6.76. The quantitative estimate of drug-likeness (QED) is 0.897. The van der Waals surface area contributed by atoms with Crippen LogP contribution in [-0.2, 0) is 6.54 Å². The number of hydrogen-bond acceptors (Lipinski definition) is 3. The lowest BCUT2D eigenvalue weighted by atomic mass is 9.99. The molecule has 1 saturated heterocycles. The van der Waals surface area contributed by atoms with Crippen LogP contribution >= 0.6 is 0 Å². The lowest BCUT2D eigenvalue weighted by molar-refractivity contribution is 0.437. The zero-order chi connectivity index (χ0) is 13.2. The average molecular weight is 255 g/mol. The maximum Gasteiger partial charge on any atom is 0.136 e. The van der Waals surface area contributed by atoms with E-state index in [2.05, 4.69) is 42.2 Å². The van der Waals surface area contributed by atoms with Gasteiger partial charge in [0.25, 0.3) is 0 Å². The molecule has 19 heavy (non-hydrogen) atoms. The second kappa shape index (κ2) is 5.17. The third-order valence-corrected chi connectivity index (χ3v) is 4.07. The van der Waals surface area contributed by atoms with Crippen LogP contribution in [-0.4, -0.2) is 18.1 Å². The number of piperidine rings is 1. The third-order valence-electron chi connectivity index (χ3n) is 4.07. The SMILES string of the molecule is CC1CCN(c2nc(CN)cc3ccccc23)CC1. The van der Waals surface area contributed by atoms with Crippen LogP contribution in [0.5, 0.6) is 0 Å². The Bertz CT molecular complexity index is 571. The summed E-state index contributed by atoms with van der Waals surface area (Å²) < 4.78 is 0. The van der Waals surface area contributed by atoms with Gasteiger partial charge in [0.05, 0.1) is 5.69 Å². The fourth-order valence-electron chi connectivity index (χ4n) is 2.80. The van der Waals surface area contributed by atoms with Gasteiger partial charge in [-0.15, -0.1) is 0 Å². The summed E-state index contributed by atoms with van der Waals surface area (Å²) in [6.45, 7) is 5.04. The Balaban J connectivity index is 2.05. The van der Waals surface area contributed by atoms with Crippen LogP contribution in [0.4, 0.5) is 5.82 Å². The molecular weight excluding hydrogens is 234 g/mol. The molecule has 1 aromatic heterocycles. The van der Waals surface area contributed by atoms with Crippen molar-refractivity contribution in [2.24, 2.45) is 11.7 Å². The summed E-state index contributed by atoms with van der Waals surface area (Å²) in [7, 11) is 0. The van der Waals surface area contributed by atoms with E-state index in [1.54, 1.807) is 0 Å². The number of rotatable bonds is 2. The lowest BCUT2D eigenvalue weighted by Gasteiger charge is -2.32. The molecule has 0 spiro atoms. The molecule has 0 atom stereocenters. The second-order valence-corrected chi connectivity index (χ2v) is 5.53. The van der Waals surface area contributed by atoms with Crippen LogP contribution in [0.15, 0.2) is 30.3 Å². The predicted molar refractivity (Wildman–Crippen MR) is 80.2 cm³/mol. The summed E-state index contributed by atoms with van der Waals surface area (Å²) in [6, 6.07) is 10.6. The molecule has 3 heteroatoms. The van der Waals surface area contributed by atoms with Crippen molar-refractivity contribution < 1.29 is 0 Å². The molecule has 0 saturated carbocycles. The van der Waals surface area contributed by atoms with Crippen LogP contribution < -0.4 is 10.6 Å². The highest BCUT2D eigenvalue weighted by atomic mass is 15.2. The molecule has 0 unspecified atom stereocenters. The Labute approximate surface area is 114 Å². The minimum absolute atomic E-state index is 0.502. The Morgan fingerprint density at radius 2 is 2.00 bits per heavy atom. The highest BCUT2D eigenvalue weighted by Crippen LogP contribution is 2.29. The maximum absolute atomic E-state index is 5.78. The second-order valence-electron chi connectivity index (χ2n) is 5.53. The van der Waals surface area contributed by atoms with Crippen molar-refractivity contribution in [2.75, 3.05) is 18.0 Å². The number of hydrogen-bond donors (Lipinski definition) is 1. The van der Waals surface area contributed by atoms with Crippen molar-refractivity contribution in [3.8, 4) is 0 Å². The van der Waals surface area contributed by atoms with Crippen molar-refractivity contribution in [3.63, 3.8) is 0 Å². The third kappa shape index (κ3) is 2.43. The predicted octanol–water partition coefficient (Wildman–Crippen LogP) is 2.93. The number of nitrogens with two attached hydrogens (primary N) is 1. The minimum atomic E-state index is 0.502. The summed E-state index contributed by atoms with van der Waals surface area (Å²) in [5.74, 6) is 1.95. The van der Waals surface area contributed by atoms with Crippen LogP contribution in [0.25, 0.3) is 10.8 Å². The zero-order valence-corrected chi connectivity index (χ0v) is 11.5. The molecule has 3 rings (SSSR count). The highest BCUT2D eigenvalue weighted by Gasteiger charge is 2.19. The largest absolute Gasteiger partial charge is 0.356 e. The summed E-state index contributed by atoms with van der Waals surface area (Å²) in [6.07, 6.45) is 2.51. The summed E-state index contributed by atoms with van der Waals surface area (Å²) in [5, 5.41) is 2.49. The van der Waals surface area contributed by atoms with E-state index in [9.17, 15) is 0 Å². The van der Waals surface area contributed by atoms with Gasteiger partial charge in [0.15, 0.2) is 0 Å². The smallest absolute Gasteiger partial charge is 0.136 e. The van der Waals surface area contributed by atoms with Crippen molar-refractivity contribution in [2.45, 2.75) is 26.3 Å². The number of anilines is 1. The Morgan fingerprint density at radius 3 is 2.74 bits per heavy atom. The van der Waals surface area contributed by atoms with E-state index < -0.39 is 0 Å². The van der Waals surface area contributed by atoms with Gasteiger partial charge in [0.2, 0.25) is 0 Å². The van der Waals surface area contributed by atoms with Gasteiger partial charge in [-0.25, -0.2) is 4.98 Å². The number of pyridine rings is 1. The monoisotopic (exact) mass is 255 g/mol.